The fraction of sp³-hybridized carbons (Fsp3) is 0.692. The molecule has 1 unspecified atom stereocenters. The monoisotopic (exact) mass is 237 g/mol. The van der Waals surface area contributed by atoms with E-state index in [9.17, 15) is 5.11 Å². The van der Waals surface area contributed by atoms with Crippen LogP contribution in [-0.4, -0.2) is 27.7 Å². The molecule has 1 aromatic heterocycles. The van der Waals surface area contributed by atoms with E-state index in [1.54, 1.807) is 6.20 Å². The molecule has 17 heavy (non-hydrogen) atoms. The van der Waals surface area contributed by atoms with Crippen molar-refractivity contribution in [2.45, 2.75) is 46.6 Å². The highest BCUT2D eigenvalue weighted by Gasteiger charge is 2.15. The number of aliphatic hydroxyl groups excluding tert-OH is 1. The van der Waals surface area contributed by atoms with Crippen molar-refractivity contribution in [1.82, 2.24) is 9.97 Å². The average Bonchev–Trinajstić information content (AvgIpc) is 2.32. The van der Waals surface area contributed by atoms with E-state index in [0.717, 1.165) is 30.0 Å². The molecular formula is C13H23N3O. The van der Waals surface area contributed by atoms with Crippen molar-refractivity contribution in [1.29, 1.82) is 0 Å². The van der Waals surface area contributed by atoms with E-state index in [2.05, 4.69) is 29.1 Å². The van der Waals surface area contributed by atoms with Crippen molar-refractivity contribution in [3.05, 3.63) is 17.6 Å². The molecule has 2 N–H and O–H groups in total. The second-order valence-corrected chi connectivity index (χ2v) is 4.47. The molecule has 0 bridgehead atoms. The number of anilines is 1. The number of rotatable bonds is 6. The van der Waals surface area contributed by atoms with Crippen LogP contribution in [0.15, 0.2) is 6.20 Å². The van der Waals surface area contributed by atoms with Gasteiger partial charge in [-0.25, -0.2) is 4.98 Å². The molecule has 4 nitrogen and oxygen atoms in total. The van der Waals surface area contributed by atoms with Crippen molar-refractivity contribution in [2.24, 2.45) is 5.92 Å². The van der Waals surface area contributed by atoms with Gasteiger partial charge in [0.2, 0.25) is 0 Å². The highest BCUT2D eigenvalue weighted by molar-refractivity contribution is 5.39. The van der Waals surface area contributed by atoms with Crippen molar-refractivity contribution < 1.29 is 5.11 Å². The van der Waals surface area contributed by atoms with Crippen LogP contribution in [0.5, 0.6) is 0 Å². The van der Waals surface area contributed by atoms with Gasteiger partial charge in [0.15, 0.2) is 0 Å². The number of aliphatic hydroxyl groups is 1. The molecule has 0 saturated heterocycles. The SMILES string of the molecule is CCC(CC)C(O)CNc1nc(C)cnc1C. The normalized spacial score (nSPS) is 12.8. The Morgan fingerprint density at radius 1 is 1.29 bits per heavy atom. The van der Waals surface area contributed by atoms with E-state index >= 15 is 0 Å². The maximum absolute atomic E-state index is 10.0. The number of hydrogen-bond donors (Lipinski definition) is 2. The molecular weight excluding hydrogens is 214 g/mol. The van der Waals surface area contributed by atoms with Crippen LogP contribution in [0.2, 0.25) is 0 Å². The summed E-state index contributed by atoms with van der Waals surface area (Å²) in [6, 6.07) is 0. The molecule has 1 atom stereocenters. The van der Waals surface area contributed by atoms with Crippen LogP contribution in [0.25, 0.3) is 0 Å². The van der Waals surface area contributed by atoms with E-state index in [0.29, 0.717) is 12.5 Å². The van der Waals surface area contributed by atoms with E-state index in [-0.39, 0.29) is 6.10 Å². The van der Waals surface area contributed by atoms with Crippen LogP contribution in [0, 0.1) is 19.8 Å². The summed E-state index contributed by atoms with van der Waals surface area (Å²) >= 11 is 0. The molecule has 0 amide bonds. The number of aromatic nitrogens is 2. The molecule has 0 aliphatic carbocycles. The third kappa shape index (κ3) is 3.97. The van der Waals surface area contributed by atoms with Gasteiger partial charge in [0, 0.05) is 12.7 Å². The molecule has 1 aromatic rings. The topological polar surface area (TPSA) is 58.0 Å². The van der Waals surface area contributed by atoms with Gasteiger partial charge in [-0.3, -0.25) is 4.98 Å². The summed E-state index contributed by atoms with van der Waals surface area (Å²) in [5.41, 5.74) is 1.75. The summed E-state index contributed by atoms with van der Waals surface area (Å²) in [5, 5.41) is 13.2. The first-order valence-electron chi connectivity index (χ1n) is 6.30. The zero-order valence-corrected chi connectivity index (χ0v) is 11.2. The van der Waals surface area contributed by atoms with Gasteiger partial charge in [0.05, 0.1) is 17.5 Å². The van der Waals surface area contributed by atoms with Gasteiger partial charge >= 0.3 is 0 Å². The number of nitrogens with one attached hydrogen (secondary N) is 1. The fourth-order valence-electron chi connectivity index (χ4n) is 1.91. The molecule has 0 radical (unpaired) electrons. The lowest BCUT2D eigenvalue weighted by Crippen LogP contribution is -2.28. The molecule has 1 rings (SSSR count). The molecule has 1 heterocycles. The van der Waals surface area contributed by atoms with Gasteiger partial charge in [-0.05, 0) is 19.8 Å². The molecule has 0 fully saturated rings. The predicted molar refractivity (Wildman–Crippen MR) is 70.1 cm³/mol. The van der Waals surface area contributed by atoms with E-state index < -0.39 is 0 Å². The number of aryl methyl sites for hydroxylation is 2. The maximum atomic E-state index is 10.0. The number of hydrogen-bond acceptors (Lipinski definition) is 4. The Labute approximate surface area is 103 Å². The van der Waals surface area contributed by atoms with Crippen LogP contribution in [0.4, 0.5) is 5.82 Å². The summed E-state index contributed by atoms with van der Waals surface area (Å²) in [7, 11) is 0. The largest absolute Gasteiger partial charge is 0.391 e. The molecule has 4 heteroatoms. The summed E-state index contributed by atoms with van der Waals surface area (Å²) in [5.74, 6) is 1.12. The summed E-state index contributed by atoms with van der Waals surface area (Å²) in [6.45, 7) is 8.57. The summed E-state index contributed by atoms with van der Waals surface area (Å²) < 4.78 is 0. The van der Waals surface area contributed by atoms with Crippen LogP contribution in [0.1, 0.15) is 38.1 Å². The lowest BCUT2D eigenvalue weighted by molar-refractivity contribution is 0.114. The smallest absolute Gasteiger partial charge is 0.147 e. The average molecular weight is 237 g/mol. The van der Waals surface area contributed by atoms with Crippen LogP contribution in [0.3, 0.4) is 0 Å². The summed E-state index contributed by atoms with van der Waals surface area (Å²) in [6.07, 6.45) is 3.42. The van der Waals surface area contributed by atoms with Gasteiger partial charge in [-0.15, -0.1) is 0 Å². The Morgan fingerprint density at radius 3 is 2.53 bits per heavy atom. The maximum Gasteiger partial charge on any atom is 0.147 e. The zero-order chi connectivity index (χ0) is 12.8. The minimum atomic E-state index is -0.327. The van der Waals surface area contributed by atoms with Gasteiger partial charge in [-0.1, -0.05) is 26.7 Å². The van der Waals surface area contributed by atoms with Crippen molar-refractivity contribution in [3.8, 4) is 0 Å². The first kappa shape index (κ1) is 13.9. The van der Waals surface area contributed by atoms with Crippen molar-refractivity contribution in [2.75, 3.05) is 11.9 Å². The second kappa shape index (κ2) is 6.55. The van der Waals surface area contributed by atoms with Gasteiger partial charge in [0.25, 0.3) is 0 Å². The third-order valence-corrected chi connectivity index (χ3v) is 3.15. The molecule has 96 valence electrons. The Morgan fingerprint density at radius 2 is 1.94 bits per heavy atom. The van der Waals surface area contributed by atoms with Crippen molar-refractivity contribution >= 4 is 5.82 Å². The lowest BCUT2D eigenvalue weighted by atomic mass is 9.96. The van der Waals surface area contributed by atoms with E-state index in [1.165, 1.54) is 0 Å². The van der Waals surface area contributed by atoms with E-state index in [1.807, 2.05) is 13.8 Å². The molecule has 0 spiro atoms. The Bertz CT molecular complexity index is 351. The Balaban J connectivity index is 2.57. The number of nitrogens with zero attached hydrogens (tertiary/aromatic N) is 2. The van der Waals surface area contributed by atoms with Crippen molar-refractivity contribution in [3.63, 3.8) is 0 Å². The Kier molecular flexibility index (Phi) is 5.35. The predicted octanol–water partition coefficient (Wildman–Crippen LogP) is 2.30. The minimum Gasteiger partial charge on any atom is -0.391 e. The molecule has 0 saturated carbocycles. The minimum absolute atomic E-state index is 0.327. The standard InChI is InChI=1S/C13H23N3O/c1-5-11(6-2)12(17)8-15-13-10(4)14-7-9(3)16-13/h7,11-12,17H,5-6,8H2,1-4H3,(H,15,16). The highest BCUT2D eigenvalue weighted by Crippen LogP contribution is 2.15. The van der Waals surface area contributed by atoms with Crippen LogP contribution in [-0.2, 0) is 0 Å². The fourth-order valence-corrected chi connectivity index (χ4v) is 1.91. The molecule has 0 aliphatic heterocycles. The second-order valence-electron chi connectivity index (χ2n) is 4.47. The lowest BCUT2D eigenvalue weighted by Gasteiger charge is -2.21. The van der Waals surface area contributed by atoms with Gasteiger partial charge < -0.3 is 10.4 Å². The first-order valence-corrected chi connectivity index (χ1v) is 6.30. The highest BCUT2D eigenvalue weighted by atomic mass is 16.3. The molecule has 0 aliphatic rings. The zero-order valence-electron chi connectivity index (χ0n) is 11.2. The first-order chi connectivity index (χ1) is 8.08. The van der Waals surface area contributed by atoms with Gasteiger partial charge in [0.1, 0.15) is 5.82 Å². The van der Waals surface area contributed by atoms with E-state index in [4.69, 9.17) is 0 Å². The van der Waals surface area contributed by atoms with Crippen LogP contribution >= 0.6 is 0 Å². The van der Waals surface area contributed by atoms with Crippen LogP contribution < -0.4 is 5.32 Å². The summed E-state index contributed by atoms with van der Waals surface area (Å²) in [4.78, 5) is 8.61. The van der Waals surface area contributed by atoms with Gasteiger partial charge in [-0.2, -0.15) is 0 Å². The Hall–Kier alpha value is -1.16. The molecule has 0 aromatic carbocycles. The quantitative estimate of drug-likeness (QED) is 0.797. The third-order valence-electron chi connectivity index (χ3n) is 3.15.